The Kier molecular flexibility index (Phi) is 5.91. The van der Waals surface area contributed by atoms with Crippen molar-refractivity contribution in [3.05, 3.63) is 30.0 Å². The predicted octanol–water partition coefficient (Wildman–Crippen LogP) is 1.76. The number of rotatable bonds is 8. The number of benzene rings is 1. The largest absolute Gasteiger partial charge is 0.497 e. The van der Waals surface area contributed by atoms with E-state index in [-0.39, 0.29) is 18.1 Å². The molecule has 2 aromatic rings. The maximum atomic E-state index is 11.6. The number of H-pyrrole nitrogens is 1. The highest BCUT2D eigenvalue weighted by molar-refractivity contribution is 8.69. The Labute approximate surface area is 137 Å². The molecule has 0 bridgehead atoms. The summed E-state index contributed by atoms with van der Waals surface area (Å²) >= 11 is 0. The number of fused-ring (bicyclic) bond motifs is 1. The van der Waals surface area contributed by atoms with Crippen molar-refractivity contribution in [1.29, 1.82) is 0 Å². The third-order valence-corrected chi connectivity index (χ3v) is 5.31. The Morgan fingerprint density at radius 2 is 2.22 bits per heavy atom. The van der Waals surface area contributed by atoms with E-state index in [4.69, 9.17) is 9.29 Å². The summed E-state index contributed by atoms with van der Waals surface area (Å²) in [5, 5.41) is 3.77. The summed E-state index contributed by atoms with van der Waals surface area (Å²) in [6, 6.07) is 5.74. The lowest BCUT2D eigenvalue weighted by Gasteiger charge is -2.05. The molecule has 0 radical (unpaired) electrons. The number of hydrogen-bond donors (Lipinski definition) is 3. The molecule has 0 saturated heterocycles. The number of ether oxygens (including phenoxy) is 1. The Morgan fingerprint density at radius 3 is 2.91 bits per heavy atom. The van der Waals surface area contributed by atoms with E-state index in [9.17, 15) is 13.2 Å². The molecule has 0 aliphatic rings. The Bertz CT molecular complexity index is 786. The van der Waals surface area contributed by atoms with E-state index < -0.39 is 9.15 Å². The summed E-state index contributed by atoms with van der Waals surface area (Å²) in [4.78, 5) is 14.8. The molecule has 3 N–H and O–H groups in total. The van der Waals surface area contributed by atoms with E-state index in [1.54, 1.807) is 7.11 Å². The van der Waals surface area contributed by atoms with Gasteiger partial charge in [0.05, 0.1) is 7.11 Å². The number of hydrogen-bond acceptors (Lipinski definition) is 5. The zero-order valence-electron chi connectivity index (χ0n) is 12.5. The van der Waals surface area contributed by atoms with Gasteiger partial charge in [0.2, 0.25) is 5.91 Å². The van der Waals surface area contributed by atoms with E-state index >= 15 is 0 Å². The topological polar surface area (TPSA) is 108 Å². The summed E-state index contributed by atoms with van der Waals surface area (Å²) in [6.07, 6.45) is 2.57. The van der Waals surface area contributed by atoms with Crippen LogP contribution in [0.1, 0.15) is 12.0 Å². The third-order valence-electron chi connectivity index (χ3n) is 3.25. The number of carbonyl (C=O) groups is 1. The van der Waals surface area contributed by atoms with Gasteiger partial charge in [-0.25, -0.2) is 0 Å². The highest BCUT2D eigenvalue weighted by Gasteiger charge is 2.09. The van der Waals surface area contributed by atoms with Crippen molar-refractivity contribution < 1.29 is 22.5 Å². The molecule has 0 saturated carbocycles. The smallest absolute Gasteiger partial charge is 0.319 e. The first-order valence-corrected chi connectivity index (χ1v) is 9.86. The molecule has 0 unspecified atom stereocenters. The van der Waals surface area contributed by atoms with Gasteiger partial charge in [0.25, 0.3) is 0 Å². The molecule has 2 rings (SSSR count). The van der Waals surface area contributed by atoms with Crippen LogP contribution in [0.2, 0.25) is 0 Å². The molecule has 1 amide bonds. The van der Waals surface area contributed by atoms with E-state index in [0.717, 1.165) is 22.2 Å². The summed E-state index contributed by atoms with van der Waals surface area (Å²) in [5.74, 6) is 0.540. The minimum atomic E-state index is -4.09. The van der Waals surface area contributed by atoms with E-state index in [1.165, 1.54) is 0 Å². The van der Waals surface area contributed by atoms with Crippen LogP contribution in [-0.4, -0.2) is 43.3 Å². The summed E-state index contributed by atoms with van der Waals surface area (Å²) in [7, 11) is -2.13. The lowest BCUT2D eigenvalue weighted by atomic mass is 10.1. The molecule has 23 heavy (non-hydrogen) atoms. The van der Waals surface area contributed by atoms with Crippen molar-refractivity contribution in [3.63, 3.8) is 0 Å². The lowest BCUT2D eigenvalue weighted by molar-refractivity contribution is -0.120. The predicted molar refractivity (Wildman–Crippen MR) is 90.2 cm³/mol. The van der Waals surface area contributed by atoms with E-state index in [2.05, 4.69) is 10.3 Å². The number of aromatic nitrogens is 1. The second-order valence-electron chi connectivity index (χ2n) is 4.83. The fraction of sp³-hybridized carbons (Fsp3) is 0.357. The molecule has 1 aromatic heterocycles. The molecule has 0 atom stereocenters. The SMILES string of the molecule is COc1ccc2[nH]cc(CCNC(=O)CCSS(=O)(=O)O)c2c1. The van der Waals surface area contributed by atoms with Crippen LogP contribution >= 0.6 is 10.8 Å². The monoisotopic (exact) mass is 358 g/mol. The normalized spacial score (nSPS) is 11.6. The zero-order chi connectivity index (χ0) is 16.9. The van der Waals surface area contributed by atoms with Gasteiger partial charge in [-0.15, -0.1) is 0 Å². The van der Waals surface area contributed by atoms with Gasteiger partial charge in [-0.05, 0) is 41.0 Å². The van der Waals surface area contributed by atoms with Crippen molar-refractivity contribution in [2.45, 2.75) is 12.8 Å². The molecule has 0 aliphatic carbocycles. The minimum Gasteiger partial charge on any atom is -0.497 e. The van der Waals surface area contributed by atoms with Gasteiger partial charge < -0.3 is 15.0 Å². The first kappa shape index (κ1) is 17.6. The van der Waals surface area contributed by atoms with Crippen LogP contribution < -0.4 is 10.1 Å². The molecular formula is C14H18N2O5S2. The standard InChI is InChI=1S/C14H18N2O5S2/c1-21-11-2-3-13-12(8-11)10(9-16-13)4-6-15-14(17)5-7-22-23(18,19)20/h2-3,8-9,16H,4-7H2,1H3,(H,15,17)(H,18,19,20). The molecule has 0 fully saturated rings. The summed E-state index contributed by atoms with van der Waals surface area (Å²) in [5.41, 5.74) is 2.06. The van der Waals surface area contributed by atoms with Crippen molar-refractivity contribution in [1.82, 2.24) is 10.3 Å². The Hall–Kier alpha value is -1.71. The maximum absolute atomic E-state index is 11.6. The van der Waals surface area contributed by atoms with Crippen LogP contribution in [0.25, 0.3) is 10.9 Å². The van der Waals surface area contributed by atoms with Gasteiger partial charge in [0, 0.05) is 35.8 Å². The number of carbonyl (C=O) groups excluding carboxylic acids is 1. The average molecular weight is 358 g/mol. The van der Waals surface area contributed by atoms with Crippen LogP contribution in [-0.2, 0) is 20.4 Å². The van der Waals surface area contributed by atoms with Gasteiger partial charge in [0.15, 0.2) is 0 Å². The number of methoxy groups -OCH3 is 1. The van der Waals surface area contributed by atoms with Crippen molar-refractivity contribution in [3.8, 4) is 5.75 Å². The lowest BCUT2D eigenvalue weighted by Crippen LogP contribution is -2.26. The Balaban J connectivity index is 1.83. The quantitative estimate of drug-likeness (QED) is 0.490. The second-order valence-corrected chi connectivity index (χ2v) is 8.30. The maximum Gasteiger partial charge on any atom is 0.319 e. The van der Waals surface area contributed by atoms with Crippen LogP contribution in [0.15, 0.2) is 24.4 Å². The molecule has 126 valence electrons. The van der Waals surface area contributed by atoms with Crippen LogP contribution in [0.5, 0.6) is 5.75 Å². The van der Waals surface area contributed by atoms with Crippen LogP contribution in [0, 0.1) is 0 Å². The molecule has 0 spiro atoms. The number of amides is 1. The van der Waals surface area contributed by atoms with Gasteiger partial charge in [0.1, 0.15) is 5.75 Å². The first-order valence-electron chi connectivity index (χ1n) is 6.91. The number of nitrogens with one attached hydrogen (secondary N) is 2. The zero-order valence-corrected chi connectivity index (χ0v) is 14.2. The first-order chi connectivity index (χ1) is 10.9. The fourth-order valence-corrected chi connectivity index (χ4v) is 3.52. The number of aromatic amines is 1. The van der Waals surface area contributed by atoms with Gasteiger partial charge in [-0.3, -0.25) is 9.35 Å². The molecule has 7 nitrogen and oxygen atoms in total. The highest BCUT2D eigenvalue weighted by atomic mass is 33.1. The third kappa shape index (κ3) is 5.45. The summed E-state index contributed by atoms with van der Waals surface area (Å²) in [6.45, 7) is 0.444. The Morgan fingerprint density at radius 1 is 1.43 bits per heavy atom. The fourth-order valence-electron chi connectivity index (χ4n) is 2.16. The molecule has 0 aliphatic heterocycles. The average Bonchev–Trinajstić information content (AvgIpc) is 2.88. The molecule has 1 aromatic carbocycles. The summed E-state index contributed by atoms with van der Waals surface area (Å²) < 4.78 is 34.8. The molecular weight excluding hydrogens is 340 g/mol. The highest BCUT2D eigenvalue weighted by Crippen LogP contribution is 2.23. The van der Waals surface area contributed by atoms with Crippen LogP contribution in [0.4, 0.5) is 0 Å². The van der Waals surface area contributed by atoms with Gasteiger partial charge in [-0.2, -0.15) is 8.42 Å². The van der Waals surface area contributed by atoms with Crippen molar-refractivity contribution >= 4 is 36.8 Å². The van der Waals surface area contributed by atoms with E-state index in [0.29, 0.717) is 23.8 Å². The van der Waals surface area contributed by atoms with Crippen LogP contribution in [0.3, 0.4) is 0 Å². The molecule has 1 heterocycles. The second kappa shape index (κ2) is 7.71. The van der Waals surface area contributed by atoms with Gasteiger partial charge in [-0.1, -0.05) is 0 Å². The minimum absolute atomic E-state index is 0.0228. The van der Waals surface area contributed by atoms with Crippen molar-refractivity contribution in [2.24, 2.45) is 0 Å². The van der Waals surface area contributed by atoms with E-state index in [1.807, 2.05) is 24.4 Å². The van der Waals surface area contributed by atoms with Gasteiger partial charge >= 0.3 is 9.15 Å². The van der Waals surface area contributed by atoms with Crippen molar-refractivity contribution in [2.75, 3.05) is 19.4 Å². The molecule has 9 heteroatoms.